The van der Waals surface area contributed by atoms with Crippen LogP contribution in [0.2, 0.25) is 0 Å². The molecule has 3 N–H and O–H groups in total. The van der Waals surface area contributed by atoms with Gasteiger partial charge < -0.3 is 5.11 Å². The van der Waals surface area contributed by atoms with Crippen LogP contribution in [0.3, 0.4) is 0 Å². The quantitative estimate of drug-likeness (QED) is 0.0897. The number of carboxylic acids is 1. The summed E-state index contributed by atoms with van der Waals surface area (Å²) in [5.74, 6) is -1.07. The van der Waals surface area contributed by atoms with Crippen LogP contribution in [0.15, 0.2) is 66.3 Å². The Hall–Kier alpha value is -5.04. The van der Waals surface area contributed by atoms with E-state index in [1.807, 2.05) is 55.1 Å². The predicted octanol–water partition coefficient (Wildman–Crippen LogP) is 9.36. The van der Waals surface area contributed by atoms with Gasteiger partial charge in [0.25, 0.3) is 5.91 Å². The van der Waals surface area contributed by atoms with Gasteiger partial charge >= 0.3 is 5.97 Å². The van der Waals surface area contributed by atoms with Crippen LogP contribution in [0, 0.1) is 23.2 Å². The van der Waals surface area contributed by atoms with Gasteiger partial charge in [0.15, 0.2) is 16.6 Å². The second-order valence-corrected chi connectivity index (χ2v) is 17.7. The summed E-state index contributed by atoms with van der Waals surface area (Å²) in [6.45, 7) is 19.4. The number of nitrogens with zero attached hydrogens (tertiary/aromatic N) is 5. The molecular formula is C42H47N7O4S. The van der Waals surface area contributed by atoms with Gasteiger partial charge in [0.05, 0.1) is 22.4 Å². The SMILES string of the molecule is C=Cc1sc(NC(=O)c2cccc3ccc(-c4ccc(-c5cnn(CC6(C)CC7(C)CC(C)(C)CC(ONC)(C6)C7)c5C)c(C(=O)O)n4)cc23)nc1N=C. The highest BCUT2D eigenvalue weighted by atomic mass is 32.1. The Morgan fingerprint density at radius 3 is 2.54 bits per heavy atom. The van der Waals surface area contributed by atoms with Gasteiger partial charge in [0.1, 0.15) is 0 Å². The molecule has 1 amide bonds. The largest absolute Gasteiger partial charge is 0.476 e. The minimum Gasteiger partial charge on any atom is -0.476 e. The molecule has 3 aromatic heterocycles. The molecule has 2 saturated carbocycles. The van der Waals surface area contributed by atoms with Gasteiger partial charge in [-0.15, -0.1) is 0 Å². The number of amides is 1. The Balaban J connectivity index is 1.18. The maximum atomic E-state index is 13.5. The molecule has 2 aliphatic rings. The van der Waals surface area contributed by atoms with Gasteiger partial charge in [-0.05, 0) is 103 Å². The van der Waals surface area contributed by atoms with Gasteiger partial charge in [-0.1, -0.05) is 69.9 Å². The number of anilines is 1. The number of pyridine rings is 1. The number of thiazole rings is 1. The molecule has 3 unspecified atom stereocenters. The molecular weight excluding hydrogens is 699 g/mol. The maximum absolute atomic E-state index is 13.5. The normalized spacial score (nSPS) is 23.2. The summed E-state index contributed by atoms with van der Waals surface area (Å²) >= 11 is 1.26. The van der Waals surface area contributed by atoms with E-state index >= 15 is 0 Å². The third-order valence-electron chi connectivity index (χ3n) is 11.0. The Morgan fingerprint density at radius 1 is 1.04 bits per heavy atom. The lowest BCUT2D eigenvalue weighted by Crippen LogP contribution is -2.58. The number of rotatable bonds is 11. The maximum Gasteiger partial charge on any atom is 0.355 e. The summed E-state index contributed by atoms with van der Waals surface area (Å²) in [4.78, 5) is 46.3. The van der Waals surface area contributed by atoms with E-state index in [1.165, 1.54) is 11.3 Å². The number of carboxylic acid groups (broad SMARTS) is 1. The number of benzene rings is 2. The van der Waals surface area contributed by atoms with E-state index in [-0.39, 0.29) is 33.4 Å². The second-order valence-electron chi connectivity index (χ2n) is 16.6. The van der Waals surface area contributed by atoms with E-state index in [0.29, 0.717) is 50.1 Å². The molecule has 3 atom stereocenters. The van der Waals surface area contributed by atoms with Crippen molar-refractivity contribution in [2.45, 2.75) is 78.9 Å². The van der Waals surface area contributed by atoms with Gasteiger partial charge in [0, 0.05) is 41.5 Å². The summed E-state index contributed by atoms with van der Waals surface area (Å²) in [5.41, 5.74) is 6.63. The average Bonchev–Trinajstić information content (AvgIpc) is 3.67. The van der Waals surface area contributed by atoms with E-state index < -0.39 is 5.97 Å². The number of aromatic nitrogens is 4. The fraction of sp³-hybridized carbons (Fsp3) is 0.381. The van der Waals surface area contributed by atoms with E-state index in [4.69, 9.17) is 9.94 Å². The van der Waals surface area contributed by atoms with Crippen LogP contribution in [0.25, 0.3) is 39.2 Å². The predicted molar refractivity (Wildman–Crippen MR) is 215 cm³/mol. The standard InChI is InChI=1S/C42H47N7O4S/c1-9-33-35(43-7)47-38(54-33)48-36(50)29-12-10-11-26-13-14-27(17-30(26)29)32-16-15-28(34(46-32)37(51)52)31-18-45-49(25(31)2)24-41(6)21-40(5)19-39(3,4)20-42(22-40,23-41)53-44-8/h9-18,44H,1,7,19-24H2,2-6,8H3,(H,51,52)(H,47,48,50). The zero-order valence-electron chi connectivity index (χ0n) is 31.7. The summed E-state index contributed by atoms with van der Waals surface area (Å²) in [7, 11) is 1.85. The van der Waals surface area contributed by atoms with Crippen molar-refractivity contribution in [3.05, 3.63) is 83.1 Å². The molecule has 0 spiro atoms. The van der Waals surface area contributed by atoms with E-state index in [2.05, 4.69) is 66.7 Å². The van der Waals surface area contributed by atoms with Crippen molar-refractivity contribution in [3.63, 3.8) is 0 Å². The Morgan fingerprint density at radius 2 is 1.83 bits per heavy atom. The number of nitrogens with one attached hydrogen (secondary N) is 2. The summed E-state index contributed by atoms with van der Waals surface area (Å²) in [6.07, 6.45) is 8.47. The molecule has 2 fully saturated rings. The van der Waals surface area contributed by atoms with Crippen LogP contribution in [0.5, 0.6) is 0 Å². The molecule has 11 nitrogen and oxygen atoms in total. The van der Waals surface area contributed by atoms with Crippen molar-refractivity contribution in [2.75, 3.05) is 12.4 Å². The average molecular weight is 746 g/mol. The zero-order valence-corrected chi connectivity index (χ0v) is 32.6. The van der Waals surface area contributed by atoms with E-state index in [1.54, 1.807) is 24.4 Å². The van der Waals surface area contributed by atoms with Crippen molar-refractivity contribution in [2.24, 2.45) is 21.2 Å². The molecule has 2 aliphatic carbocycles. The van der Waals surface area contributed by atoms with Crippen LogP contribution in [0.4, 0.5) is 10.9 Å². The molecule has 5 aromatic rings. The van der Waals surface area contributed by atoms with Crippen LogP contribution < -0.4 is 10.8 Å². The lowest BCUT2D eigenvalue weighted by atomic mass is 9.48. The van der Waals surface area contributed by atoms with Gasteiger partial charge in [-0.25, -0.2) is 20.3 Å². The molecule has 12 heteroatoms. The number of hydroxylamine groups is 1. The molecule has 2 aromatic carbocycles. The third-order valence-corrected chi connectivity index (χ3v) is 12.0. The highest BCUT2D eigenvalue weighted by Crippen LogP contribution is 2.63. The molecule has 0 aliphatic heterocycles. The zero-order chi connectivity index (χ0) is 38.6. The molecule has 7 rings (SSSR count). The van der Waals surface area contributed by atoms with Crippen molar-refractivity contribution >= 4 is 57.7 Å². The lowest BCUT2D eigenvalue weighted by Gasteiger charge is -2.60. The van der Waals surface area contributed by atoms with Gasteiger partial charge in [-0.2, -0.15) is 10.1 Å². The molecule has 54 heavy (non-hydrogen) atoms. The van der Waals surface area contributed by atoms with Gasteiger partial charge in [0.2, 0.25) is 0 Å². The fourth-order valence-electron chi connectivity index (χ4n) is 10.2. The van der Waals surface area contributed by atoms with E-state index in [0.717, 1.165) is 48.7 Å². The number of hydrogen-bond donors (Lipinski definition) is 3. The summed E-state index contributed by atoms with van der Waals surface area (Å²) < 4.78 is 2.02. The molecule has 0 saturated heterocycles. The first-order valence-electron chi connectivity index (χ1n) is 18.1. The Bertz CT molecular complexity index is 2300. The number of fused-ring (bicyclic) bond motifs is 3. The topological polar surface area (TPSA) is 144 Å². The number of hydrogen-bond acceptors (Lipinski definition) is 9. The number of aliphatic imine (C=N–C) groups is 1. The molecule has 0 radical (unpaired) electrons. The van der Waals surface area contributed by atoms with E-state index in [9.17, 15) is 14.7 Å². The lowest BCUT2D eigenvalue weighted by molar-refractivity contribution is -0.217. The first-order valence-corrected chi connectivity index (χ1v) is 19.0. The van der Waals surface area contributed by atoms with Crippen molar-refractivity contribution in [1.29, 1.82) is 0 Å². The smallest absolute Gasteiger partial charge is 0.355 e. The number of carbonyl (C=O) groups is 2. The minimum absolute atomic E-state index is 0.0655. The Labute approximate surface area is 319 Å². The molecule has 2 bridgehead atoms. The minimum atomic E-state index is -1.13. The summed E-state index contributed by atoms with van der Waals surface area (Å²) in [5, 5.41) is 20.0. The second kappa shape index (κ2) is 13.7. The highest BCUT2D eigenvalue weighted by Gasteiger charge is 2.58. The monoisotopic (exact) mass is 745 g/mol. The van der Waals surface area contributed by atoms with Gasteiger partial charge in [-0.3, -0.25) is 19.6 Å². The van der Waals surface area contributed by atoms with Crippen LogP contribution in [-0.4, -0.2) is 56.1 Å². The fourth-order valence-corrected chi connectivity index (χ4v) is 11.0. The number of carbonyl (C=O) groups excluding carboxylic acids is 1. The first kappa shape index (κ1) is 37.3. The Kier molecular flexibility index (Phi) is 9.44. The third kappa shape index (κ3) is 7.01. The van der Waals surface area contributed by atoms with Crippen molar-refractivity contribution in [3.8, 4) is 22.4 Å². The van der Waals surface area contributed by atoms with Crippen molar-refractivity contribution < 1.29 is 19.5 Å². The first-order chi connectivity index (χ1) is 25.6. The van der Waals surface area contributed by atoms with Crippen LogP contribution in [0.1, 0.15) is 91.2 Å². The molecule has 280 valence electrons. The van der Waals surface area contributed by atoms with Crippen molar-refractivity contribution in [1.82, 2.24) is 25.2 Å². The highest BCUT2D eigenvalue weighted by molar-refractivity contribution is 7.17. The van der Waals surface area contributed by atoms with Crippen LogP contribution >= 0.6 is 11.3 Å². The molecule has 3 heterocycles. The summed E-state index contributed by atoms with van der Waals surface area (Å²) in [6, 6.07) is 14.8. The number of aromatic carboxylic acids is 1. The van der Waals surface area contributed by atoms with Crippen LogP contribution in [-0.2, 0) is 11.4 Å².